The molecule has 1 aromatic heterocycles. The van der Waals surface area contributed by atoms with Gasteiger partial charge in [0.1, 0.15) is 5.82 Å². The molecule has 1 heterocycles. The maximum absolute atomic E-state index is 13.3. The number of hydrogen-bond donors (Lipinski definition) is 2. The molecule has 0 atom stereocenters. The van der Waals surface area contributed by atoms with Gasteiger partial charge in [-0.15, -0.1) is 0 Å². The Bertz CT molecular complexity index is 1260. The summed E-state index contributed by atoms with van der Waals surface area (Å²) < 4.78 is 50.3. The minimum absolute atomic E-state index is 0.0796. The fourth-order valence-electron chi connectivity index (χ4n) is 3.33. The second kappa shape index (κ2) is 10.3. The SMILES string of the molecule is CCN(CC(=O)Nc1ccc(Cl)cc1C(F)(F)F)Cc1nc2cc(OC)c(OC)cc2c(=O)[nH]1. The molecule has 2 N–H and O–H groups in total. The minimum atomic E-state index is -4.68. The van der Waals surface area contributed by atoms with Crippen LogP contribution in [0.4, 0.5) is 18.9 Å². The second-order valence-electron chi connectivity index (χ2n) is 7.28. The molecule has 12 heteroatoms. The first-order valence-corrected chi connectivity index (χ1v) is 10.5. The van der Waals surface area contributed by atoms with E-state index in [4.69, 9.17) is 21.1 Å². The van der Waals surface area contributed by atoms with Gasteiger partial charge < -0.3 is 19.8 Å². The topological polar surface area (TPSA) is 96.6 Å². The lowest BCUT2D eigenvalue weighted by Gasteiger charge is -2.20. The molecule has 1 amide bonds. The van der Waals surface area contributed by atoms with Crippen molar-refractivity contribution in [3.8, 4) is 11.5 Å². The third-order valence-electron chi connectivity index (χ3n) is 5.01. The number of likely N-dealkylation sites (N-methyl/N-ethyl adjacent to an activating group) is 1. The number of amides is 1. The van der Waals surface area contributed by atoms with Gasteiger partial charge in [-0.05, 0) is 30.8 Å². The number of methoxy groups -OCH3 is 2. The number of ether oxygens (including phenoxy) is 2. The van der Waals surface area contributed by atoms with Gasteiger partial charge in [0.25, 0.3) is 5.56 Å². The van der Waals surface area contributed by atoms with Gasteiger partial charge in [0.2, 0.25) is 5.91 Å². The summed E-state index contributed by atoms with van der Waals surface area (Å²) in [4.78, 5) is 33.7. The fraction of sp³-hybridized carbons (Fsp3) is 0.318. The molecule has 0 radical (unpaired) electrons. The average Bonchev–Trinajstić information content (AvgIpc) is 2.78. The molecular formula is C22H22ClF3N4O4. The Morgan fingerprint density at radius 1 is 1.18 bits per heavy atom. The normalized spacial score (nSPS) is 11.6. The maximum atomic E-state index is 13.3. The van der Waals surface area contributed by atoms with E-state index in [-0.39, 0.29) is 23.9 Å². The molecule has 0 bridgehead atoms. The predicted molar refractivity (Wildman–Crippen MR) is 122 cm³/mol. The average molecular weight is 499 g/mol. The van der Waals surface area contributed by atoms with Crippen molar-refractivity contribution in [2.75, 3.05) is 32.6 Å². The van der Waals surface area contributed by atoms with E-state index in [2.05, 4.69) is 15.3 Å². The first-order valence-electron chi connectivity index (χ1n) is 10.1. The van der Waals surface area contributed by atoms with Crippen LogP contribution in [0, 0.1) is 0 Å². The first kappa shape index (κ1) is 25.3. The monoisotopic (exact) mass is 498 g/mol. The van der Waals surface area contributed by atoms with Crippen molar-refractivity contribution in [1.29, 1.82) is 0 Å². The van der Waals surface area contributed by atoms with Gasteiger partial charge in [-0.1, -0.05) is 18.5 Å². The van der Waals surface area contributed by atoms with Gasteiger partial charge in [-0.2, -0.15) is 13.2 Å². The third kappa shape index (κ3) is 5.78. The number of aromatic amines is 1. The van der Waals surface area contributed by atoms with Crippen LogP contribution in [0.2, 0.25) is 5.02 Å². The molecule has 0 saturated heterocycles. The summed E-state index contributed by atoms with van der Waals surface area (Å²) in [6.45, 7) is 1.98. The lowest BCUT2D eigenvalue weighted by Crippen LogP contribution is -2.34. The zero-order chi connectivity index (χ0) is 25.0. The summed E-state index contributed by atoms with van der Waals surface area (Å²) in [5.41, 5.74) is -1.47. The van der Waals surface area contributed by atoms with E-state index in [1.807, 2.05) is 0 Å². The number of carbonyl (C=O) groups is 1. The van der Waals surface area contributed by atoms with E-state index >= 15 is 0 Å². The van der Waals surface area contributed by atoms with E-state index in [0.717, 1.165) is 12.1 Å². The summed E-state index contributed by atoms with van der Waals surface area (Å²) in [5, 5.41) is 2.48. The van der Waals surface area contributed by atoms with Crippen molar-refractivity contribution in [3.63, 3.8) is 0 Å². The van der Waals surface area contributed by atoms with Crippen molar-refractivity contribution in [2.24, 2.45) is 0 Å². The molecule has 0 fully saturated rings. The lowest BCUT2D eigenvalue weighted by atomic mass is 10.1. The van der Waals surface area contributed by atoms with Crippen LogP contribution in [0.15, 0.2) is 35.1 Å². The smallest absolute Gasteiger partial charge is 0.418 e. The number of halogens is 4. The highest BCUT2D eigenvalue weighted by atomic mass is 35.5. The molecule has 0 aliphatic rings. The Morgan fingerprint density at radius 3 is 2.47 bits per heavy atom. The summed E-state index contributed by atoms with van der Waals surface area (Å²) >= 11 is 5.67. The van der Waals surface area contributed by atoms with Crippen LogP contribution < -0.4 is 20.3 Å². The Balaban J connectivity index is 1.79. The number of alkyl halides is 3. The van der Waals surface area contributed by atoms with Crippen LogP contribution >= 0.6 is 11.6 Å². The third-order valence-corrected chi connectivity index (χ3v) is 5.24. The number of carbonyl (C=O) groups excluding carboxylic acids is 1. The van der Waals surface area contributed by atoms with E-state index in [1.165, 1.54) is 26.4 Å². The van der Waals surface area contributed by atoms with Gasteiger partial charge in [-0.3, -0.25) is 14.5 Å². The molecule has 182 valence electrons. The standard InChI is InChI=1S/C22H22ClF3N4O4/c1-4-30(11-20(31)28-15-6-5-12(23)7-14(15)22(24,25)26)10-19-27-16-9-18(34-3)17(33-2)8-13(16)21(32)29-19/h5-9H,4,10-11H2,1-3H3,(H,28,31)(H,27,29,32). The van der Waals surface area contributed by atoms with Crippen LogP contribution in [0.5, 0.6) is 11.5 Å². The maximum Gasteiger partial charge on any atom is 0.418 e. The number of benzene rings is 2. The molecule has 0 saturated carbocycles. The van der Waals surface area contributed by atoms with E-state index in [9.17, 15) is 22.8 Å². The summed E-state index contributed by atoms with van der Waals surface area (Å²) in [6, 6.07) is 6.19. The number of hydrogen-bond acceptors (Lipinski definition) is 6. The zero-order valence-electron chi connectivity index (χ0n) is 18.5. The lowest BCUT2D eigenvalue weighted by molar-refractivity contribution is -0.137. The Morgan fingerprint density at radius 2 is 1.85 bits per heavy atom. The second-order valence-corrected chi connectivity index (χ2v) is 7.71. The highest BCUT2D eigenvalue weighted by molar-refractivity contribution is 6.30. The van der Waals surface area contributed by atoms with Crippen molar-refractivity contribution in [2.45, 2.75) is 19.6 Å². The number of fused-ring (bicyclic) bond motifs is 1. The van der Waals surface area contributed by atoms with Gasteiger partial charge in [0.15, 0.2) is 11.5 Å². The number of anilines is 1. The molecule has 0 aliphatic heterocycles. The number of nitrogens with zero attached hydrogens (tertiary/aromatic N) is 2. The summed E-state index contributed by atoms with van der Waals surface area (Å²) in [5.74, 6) is 0.391. The van der Waals surface area contributed by atoms with E-state index in [1.54, 1.807) is 17.9 Å². The van der Waals surface area contributed by atoms with Crippen molar-refractivity contribution in [3.05, 3.63) is 57.1 Å². The molecule has 8 nitrogen and oxygen atoms in total. The van der Waals surface area contributed by atoms with Crippen LogP contribution in [0.1, 0.15) is 18.3 Å². The van der Waals surface area contributed by atoms with Crippen molar-refractivity contribution >= 4 is 34.1 Å². The van der Waals surface area contributed by atoms with Crippen LogP contribution in [0.3, 0.4) is 0 Å². The number of nitrogens with one attached hydrogen (secondary N) is 2. The first-order chi connectivity index (χ1) is 16.0. The van der Waals surface area contributed by atoms with Gasteiger partial charge >= 0.3 is 6.18 Å². The van der Waals surface area contributed by atoms with Crippen molar-refractivity contribution in [1.82, 2.24) is 14.9 Å². The van der Waals surface area contributed by atoms with Crippen LogP contribution in [-0.2, 0) is 17.5 Å². The molecular weight excluding hydrogens is 477 g/mol. The molecule has 0 aliphatic carbocycles. The molecule has 34 heavy (non-hydrogen) atoms. The molecule has 0 spiro atoms. The molecule has 3 aromatic rings. The Kier molecular flexibility index (Phi) is 7.68. The van der Waals surface area contributed by atoms with Crippen LogP contribution in [0.25, 0.3) is 10.9 Å². The Hall–Kier alpha value is -3.31. The summed E-state index contributed by atoms with van der Waals surface area (Å²) in [7, 11) is 2.91. The van der Waals surface area contributed by atoms with E-state index in [0.29, 0.717) is 28.9 Å². The fourth-order valence-corrected chi connectivity index (χ4v) is 3.51. The van der Waals surface area contributed by atoms with Gasteiger partial charge in [-0.25, -0.2) is 4.98 Å². The summed E-state index contributed by atoms with van der Waals surface area (Å²) in [6.07, 6.45) is -4.68. The van der Waals surface area contributed by atoms with Gasteiger partial charge in [0, 0.05) is 11.1 Å². The quantitative estimate of drug-likeness (QED) is 0.486. The number of aromatic nitrogens is 2. The molecule has 2 aromatic carbocycles. The number of rotatable bonds is 8. The highest BCUT2D eigenvalue weighted by Gasteiger charge is 2.34. The minimum Gasteiger partial charge on any atom is -0.493 e. The largest absolute Gasteiger partial charge is 0.493 e. The molecule has 3 rings (SSSR count). The van der Waals surface area contributed by atoms with Gasteiger partial charge in [0.05, 0.1) is 49.5 Å². The molecule has 0 unspecified atom stereocenters. The zero-order valence-corrected chi connectivity index (χ0v) is 19.3. The highest BCUT2D eigenvalue weighted by Crippen LogP contribution is 2.36. The van der Waals surface area contributed by atoms with E-state index < -0.39 is 28.9 Å². The Labute approximate surface area is 197 Å². The number of H-pyrrole nitrogens is 1. The van der Waals surface area contributed by atoms with Crippen LogP contribution in [-0.4, -0.2) is 48.1 Å². The predicted octanol–water partition coefficient (Wildman–Crippen LogP) is 4.07. The van der Waals surface area contributed by atoms with Crippen molar-refractivity contribution < 1.29 is 27.4 Å².